The van der Waals surface area contributed by atoms with E-state index in [1.165, 1.54) is 6.07 Å². The van der Waals surface area contributed by atoms with Gasteiger partial charge in [0.2, 0.25) is 0 Å². The molecular weight excluding hydrogens is 472 g/mol. The first-order valence-electron chi connectivity index (χ1n) is 11.8. The Morgan fingerprint density at radius 2 is 1.89 bits per heavy atom. The number of nitrogens with zero attached hydrogens (tertiary/aromatic N) is 2. The van der Waals surface area contributed by atoms with Crippen molar-refractivity contribution in [2.75, 3.05) is 17.7 Å². The summed E-state index contributed by atoms with van der Waals surface area (Å²) in [7, 11) is 0. The van der Waals surface area contributed by atoms with Gasteiger partial charge in [-0.15, -0.1) is 0 Å². The summed E-state index contributed by atoms with van der Waals surface area (Å²) >= 11 is 0. The van der Waals surface area contributed by atoms with Gasteiger partial charge in [0.15, 0.2) is 5.95 Å². The van der Waals surface area contributed by atoms with Crippen molar-refractivity contribution in [3.8, 4) is 11.1 Å². The molecule has 0 aliphatic carbocycles. The maximum atomic E-state index is 12.9. The van der Waals surface area contributed by atoms with Crippen LogP contribution in [0.1, 0.15) is 47.2 Å². The molecule has 1 amide bonds. The Morgan fingerprint density at radius 1 is 1.11 bits per heavy atom. The lowest BCUT2D eigenvalue weighted by atomic mass is 9.87. The highest BCUT2D eigenvalue weighted by atomic mass is 16.4. The molecule has 0 spiro atoms. The van der Waals surface area contributed by atoms with Crippen LogP contribution in [0, 0.1) is 5.41 Å². The highest BCUT2D eigenvalue weighted by molar-refractivity contribution is 6.01. The lowest BCUT2D eigenvalue weighted by molar-refractivity contribution is 0.0697. The summed E-state index contributed by atoms with van der Waals surface area (Å²) in [5.74, 6) is -1.28. The number of H-pyrrole nitrogens is 1. The summed E-state index contributed by atoms with van der Waals surface area (Å²) in [6.07, 6.45) is 1.64. The van der Waals surface area contributed by atoms with Crippen LogP contribution >= 0.6 is 0 Å². The Balaban J connectivity index is 1.61. The van der Waals surface area contributed by atoms with Crippen LogP contribution in [0.2, 0.25) is 0 Å². The van der Waals surface area contributed by atoms with E-state index < -0.39 is 17.9 Å². The van der Waals surface area contributed by atoms with Crippen molar-refractivity contribution in [1.82, 2.24) is 20.3 Å². The molecule has 2 aromatic heterocycles. The zero-order valence-corrected chi connectivity index (χ0v) is 20.9. The predicted molar refractivity (Wildman–Crippen MR) is 142 cm³/mol. The van der Waals surface area contributed by atoms with E-state index in [0.717, 1.165) is 16.7 Å². The van der Waals surface area contributed by atoms with Crippen molar-refractivity contribution in [3.05, 3.63) is 71.5 Å². The van der Waals surface area contributed by atoms with Crippen LogP contribution in [0.15, 0.2) is 54.7 Å². The zero-order valence-electron chi connectivity index (χ0n) is 20.9. The molecule has 0 bridgehead atoms. The van der Waals surface area contributed by atoms with Crippen molar-refractivity contribution >= 4 is 34.5 Å². The van der Waals surface area contributed by atoms with Crippen molar-refractivity contribution in [2.24, 2.45) is 5.41 Å². The fourth-order valence-corrected chi connectivity index (χ4v) is 4.02. The van der Waals surface area contributed by atoms with Gasteiger partial charge in [-0.2, -0.15) is 0 Å². The van der Waals surface area contributed by atoms with Gasteiger partial charge in [-0.3, -0.25) is 9.78 Å². The van der Waals surface area contributed by atoms with E-state index in [2.05, 4.69) is 25.6 Å². The summed E-state index contributed by atoms with van der Waals surface area (Å²) in [4.78, 5) is 36.7. The van der Waals surface area contributed by atoms with Gasteiger partial charge in [0.1, 0.15) is 0 Å². The molecule has 0 aliphatic rings. The minimum absolute atomic E-state index is 0.0208. The van der Waals surface area contributed by atoms with Crippen LogP contribution in [0.3, 0.4) is 0 Å². The number of hydrogen-bond acceptors (Lipinski definition) is 7. The number of carbonyl (C=O) groups excluding carboxylic acids is 1. The van der Waals surface area contributed by atoms with Crippen LogP contribution in [0.5, 0.6) is 0 Å². The number of nitrogens with one attached hydrogen (secondary N) is 3. The number of pyridine rings is 1. The fraction of sp³-hybridized carbons (Fsp3) is 0.259. The van der Waals surface area contributed by atoms with Crippen LogP contribution in [-0.4, -0.2) is 49.7 Å². The number of imidazole rings is 1. The number of aromatic carboxylic acids is 1. The third-order valence-electron chi connectivity index (χ3n) is 6.19. The van der Waals surface area contributed by atoms with E-state index in [4.69, 9.17) is 5.73 Å². The molecule has 0 aliphatic heterocycles. The van der Waals surface area contributed by atoms with Gasteiger partial charge in [-0.25, -0.2) is 9.78 Å². The quantitative estimate of drug-likeness (QED) is 0.212. The third-order valence-corrected chi connectivity index (χ3v) is 6.19. The van der Waals surface area contributed by atoms with E-state index in [9.17, 15) is 19.8 Å². The number of carboxylic acids is 1. The van der Waals surface area contributed by atoms with Crippen molar-refractivity contribution in [3.63, 3.8) is 0 Å². The molecule has 1 atom stereocenters. The van der Waals surface area contributed by atoms with Crippen molar-refractivity contribution in [1.29, 1.82) is 0 Å². The van der Waals surface area contributed by atoms with Crippen molar-refractivity contribution < 1.29 is 19.8 Å². The van der Waals surface area contributed by atoms with Crippen molar-refractivity contribution in [2.45, 2.75) is 33.4 Å². The SMILES string of the molecule is CC(C)(C)[C@@H](CO)NC(=O)c1ccc(-c2cccnc2CNc2ccc3nc(N)[nH]c3c2)c(C(=O)O)c1. The number of aromatic nitrogens is 3. The Labute approximate surface area is 214 Å². The Bertz CT molecular complexity index is 1460. The second kappa shape index (κ2) is 10.3. The summed E-state index contributed by atoms with van der Waals surface area (Å²) < 4.78 is 0. The van der Waals surface area contributed by atoms with Gasteiger partial charge in [0, 0.05) is 23.0 Å². The number of hydrogen-bond donors (Lipinski definition) is 6. The Hall–Kier alpha value is -4.44. The predicted octanol–water partition coefficient (Wildman–Crippen LogP) is 3.65. The molecule has 0 saturated carbocycles. The molecule has 10 nitrogen and oxygen atoms in total. The molecule has 0 saturated heterocycles. The molecule has 37 heavy (non-hydrogen) atoms. The number of aliphatic hydroxyl groups excluding tert-OH is 1. The Morgan fingerprint density at radius 3 is 2.59 bits per heavy atom. The topological polar surface area (TPSA) is 166 Å². The maximum absolute atomic E-state index is 12.9. The van der Waals surface area contributed by atoms with E-state index in [1.54, 1.807) is 30.5 Å². The number of aliphatic hydroxyl groups is 1. The average molecular weight is 503 g/mol. The van der Waals surface area contributed by atoms with Gasteiger partial charge in [0.05, 0.1) is 41.5 Å². The molecule has 0 radical (unpaired) electrons. The molecule has 192 valence electrons. The molecule has 4 aromatic rings. The minimum Gasteiger partial charge on any atom is -0.478 e. The molecule has 0 unspecified atom stereocenters. The number of fused-ring (bicyclic) bond motifs is 1. The lowest BCUT2D eigenvalue weighted by Crippen LogP contribution is -2.46. The van der Waals surface area contributed by atoms with Gasteiger partial charge in [0.25, 0.3) is 5.91 Å². The second-order valence-corrected chi connectivity index (χ2v) is 9.85. The zero-order chi connectivity index (χ0) is 26.7. The number of nitrogen functional groups attached to an aromatic ring is 1. The van der Waals surface area contributed by atoms with E-state index in [-0.39, 0.29) is 23.1 Å². The normalized spacial score (nSPS) is 12.3. The number of anilines is 2. The number of rotatable bonds is 8. The molecule has 2 heterocycles. The van der Waals surface area contributed by atoms with Gasteiger partial charge >= 0.3 is 5.97 Å². The first-order valence-corrected chi connectivity index (χ1v) is 11.8. The highest BCUT2D eigenvalue weighted by Crippen LogP contribution is 2.29. The van der Waals surface area contributed by atoms with Crippen LogP contribution in [-0.2, 0) is 6.54 Å². The molecule has 7 N–H and O–H groups in total. The first kappa shape index (κ1) is 25.6. The number of amides is 1. The fourth-order valence-electron chi connectivity index (χ4n) is 4.02. The lowest BCUT2D eigenvalue weighted by Gasteiger charge is -2.29. The molecule has 2 aromatic carbocycles. The van der Waals surface area contributed by atoms with E-state index in [0.29, 0.717) is 29.3 Å². The number of benzene rings is 2. The monoisotopic (exact) mass is 502 g/mol. The maximum Gasteiger partial charge on any atom is 0.336 e. The first-order chi connectivity index (χ1) is 17.6. The standard InChI is InChI=1S/C27H30N6O4/c1-27(2,3)23(14-34)33-24(35)15-6-8-17(19(11-15)25(36)37)18-5-4-10-29-22(18)13-30-16-7-9-20-21(12-16)32-26(28)31-20/h4-12,23,30,34H,13-14H2,1-3H3,(H,33,35)(H,36,37)(H3,28,31,32)/t23-/m1/s1. The number of aromatic amines is 1. The third kappa shape index (κ3) is 5.70. The molecule has 4 rings (SSSR count). The van der Waals surface area contributed by atoms with E-state index >= 15 is 0 Å². The smallest absolute Gasteiger partial charge is 0.336 e. The number of carboxylic acid groups (broad SMARTS) is 1. The minimum atomic E-state index is -1.16. The van der Waals surface area contributed by atoms with Gasteiger partial charge in [-0.1, -0.05) is 32.9 Å². The number of carbonyl (C=O) groups is 2. The van der Waals surface area contributed by atoms with Gasteiger partial charge in [-0.05, 0) is 47.4 Å². The van der Waals surface area contributed by atoms with Gasteiger partial charge < -0.3 is 31.6 Å². The molecule has 0 fully saturated rings. The molecular formula is C27H30N6O4. The summed E-state index contributed by atoms with van der Waals surface area (Å²) in [5, 5.41) is 25.7. The number of nitrogens with two attached hydrogens (primary N) is 1. The van der Waals surface area contributed by atoms with Crippen LogP contribution < -0.4 is 16.4 Å². The summed E-state index contributed by atoms with van der Waals surface area (Å²) in [6.45, 7) is 5.81. The average Bonchev–Trinajstić information content (AvgIpc) is 3.24. The molecule has 10 heteroatoms. The summed E-state index contributed by atoms with van der Waals surface area (Å²) in [6, 6.07) is 13.2. The van der Waals surface area contributed by atoms with E-state index in [1.807, 2.05) is 39.0 Å². The largest absolute Gasteiger partial charge is 0.478 e. The highest BCUT2D eigenvalue weighted by Gasteiger charge is 2.26. The Kier molecular flexibility index (Phi) is 7.12. The van der Waals surface area contributed by atoms with Crippen LogP contribution in [0.25, 0.3) is 22.2 Å². The van der Waals surface area contributed by atoms with Crippen LogP contribution in [0.4, 0.5) is 11.6 Å². The second-order valence-electron chi connectivity index (χ2n) is 9.85. The summed E-state index contributed by atoms with van der Waals surface area (Å²) in [5.41, 5.74) is 9.61.